The second-order valence-electron chi connectivity index (χ2n) is 9.34. The summed E-state index contributed by atoms with van der Waals surface area (Å²) in [5.74, 6) is 0.488. The summed E-state index contributed by atoms with van der Waals surface area (Å²) < 4.78 is 31.7. The molecule has 0 amide bonds. The van der Waals surface area contributed by atoms with E-state index in [1.54, 1.807) is 19.2 Å². The van der Waals surface area contributed by atoms with Crippen molar-refractivity contribution in [2.24, 2.45) is 5.41 Å². The minimum Gasteiger partial charge on any atom is -0.497 e. The van der Waals surface area contributed by atoms with Crippen LogP contribution < -0.4 is 14.2 Å². The molecule has 2 aromatic carbocycles. The van der Waals surface area contributed by atoms with Gasteiger partial charge >= 0.3 is 5.97 Å². The number of hydrogen-bond donors (Lipinski definition) is 1. The molecule has 0 saturated carbocycles. The third-order valence-electron chi connectivity index (χ3n) is 7.63. The van der Waals surface area contributed by atoms with Gasteiger partial charge in [0.1, 0.15) is 18.1 Å². The van der Waals surface area contributed by atoms with E-state index in [1.165, 1.54) is 12.7 Å². The number of halogens is 1. The number of carbonyl (C=O) groups is 1. The summed E-state index contributed by atoms with van der Waals surface area (Å²) in [6.07, 6.45) is 2.73. The summed E-state index contributed by atoms with van der Waals surface area (Å²) in [5, 5.41) is 9.87. The van der Waals surface area contributed by atoms with Gasteiger partial charge in [-0.3, -0.25) is 4.79 Å². The van der Waals surface area contributed by atoms with Crippen LogP contribution in [0.3, 0.4) is 0 Å². The van der Waals surface area contributed by atoms with E-state index in [-0.39, 0.29) is 5.75 Å². The normalized spacial score (nSPS) is 16.1. The van der Waals surface area contributed by atoms with Gasteiger partial charge in [0.15, 0.2) is 11.6 Å². The molecule has 35 heavy (non-hydrogen) atoms. The van der Waals surface area contributed by atoms with Gasteiger partial charge < -0.3 is 24.2 Å². The molecule has 2 heterocycles. The summed E-state index contributed by atoms with van der Waals surface area (Å²) in [5.41, 5.74) is 4.01. The number of piperidine rings is 1. The molecular weight excluding hydrogens is 449 g/mol. The molecule has 1 N–H and O–H groups in total. The van der Waals surface area contributed by atoms with Crippen LogP contribution in [0.25, 0.3) is 5.57 Å². The van der Waals surface area contributed by atoms with Crippen LogP contribution in [0, 0.1) is 11.2 Å². The molecule has 0 aliphatic carbocycles. The van der Waals surface area contributed by atoms with Gasteiger partial charge in [0.05, 0.1) is 19.6 Å². The van der Waals surface area contributed by atoms with Crippen LogP contribution >= 0.6 is 0 Å². The smallest absolute Gasteiger partial charge is 0.310 e. The second-order valence-corrected chi connectivity index (χ2v) is 9.34. The number of methoxy groups -OCH3 is 2. The van der Waals surface area contributed by atoms with E-state index in [1.807, 2.05) is 32.0 Å². The van der Waals surface area contributed by atoms with Crippen LogP contribution in [0.15, 0.2) is 35.9 Å². The molecule has 7 heteroatoms. The molecule has 188 valence electrons. The van der Waals surface area contributed by atoms with Gasteiger partial charge in [-0.25, -0.2) is 4.39 Å². The topological polar surface area (TPSA) is 68.2 Å². The number of hydrogen-bond acceptors (Lipinski definition) is 5. The molecule has 0 spiro atoms. The van der Waals surface area contributed by atoms with E-state index < -0.39 is 17.2 Å². The monoisotopic (exact) mass is 483 g/mol. The molecule has 1 saturated heterocycles. The Bertz CT molecular complexity index is 1130. The Balaban J connectivity index is 1.75. The van der Waals surface area contributed by atoms with Gasteiger partial charge in [0.2, 0.25) is 0 Å². The molecule has 6 nitrogen and oxygen atoms in total. The molecule has 0 aromatic heterocycles. The van der Waals surface area contributed by atoms with Crippen LogP contribution in [-0.2, 0) is 11.4 Å². The van der Waals surface area contributed by atoms with Crippen LogP contribution in [0.2, 0.25) is 0 Å². The van der Waals surface area contributed by atoms with E-state index in [9.17, 15) is 14.3 Å². The Kier molecular flexibility index (Phi) is 7.36. The first kappa shape index (κ1) is 25.0. The minimum absolute atomic E-state index is 0.194. The second kappa shape index (κ2) is 10.3. The van der Waals surface area contributed by atoms with Crippen molar-refractivity contribution in [3.8, 4) is 17.2 Å². The molecule has 0 radical (unpaired) electrons. The largest absolute Gasteiger partial charge is 0.497 e. The molecule has 2 aliphatic heterocycles. The highest BCUT2D eigenvalue weighted by molar-refractivity contribution is 5.88. The average Bonchev–Trinajstić information content (AvgIpc) is 3.02. The number of rotatable bonds is 7. The van der Waals surface area contributed by atoms with Crippen molar-refractivity contribution in [1.82, 2.24) is 4.90 Å². The first-order chi connectivity index (χ1) is 16.9. The van der Waals surface area contributed by atoms with Crippen molar-refractivity contribution < 1.29 is 28.5 Å². The van der Waals surface area contributed by atoms with E-state index in [4.69, 9.17) is 14.2 Å². The summed E-state index contributed by atoms with van der Waals surface area (Å²) in [7, 11) is 3.08. The molecule has 0 bridgehead atoms. The quantitative estimate of drug-likeness (QED) is 0.559. The predicted molar refractivity (Wildman–Crippen MR) is 133 cm³/mol. The van der Waals surface area contributed by atoms with E-state index in [0.717, 1.165) is 53.9 Å². The van der Waals surface area contributed by atoms with Crippen LogP contribution in [0.1, 0.15) is 56.2 Å². The number of aliphatic carboxylic acids is 1. The SMILES string of the molecule is CCC(CC)(CN1CCC(=C2c3cc(F)c(OC)cc3COc3ccc(OC)cc32)CC1)C(=O)O. The zero-order valence-electron chi connectivity index (χ0n) is 20.9. The van der Waals surface area contributed by atoms with Crippen molar-refractivity contribution in [2.75, 3.05) is 33.9 Å². The maximum Gasteiger partial charge on any atom is 0.310 e. The van der Waals surface area contributed by atoms with Crippen molar-refractivity contribution in [1.29, 1.82) is 0 Å². The van der Waals surface area contributed by atoms with E-state index >= 15 is 0 Å². The Morgan fingerprint density at radius 2 is 1.80 bits per heavy atom. The molecule has 4 rings (SSSR count). The summed E-state index contributed by atoms with van der Waals surface area (Å²) in [4.78, 5) is 14.3. The number of fused-ring (bicyclic) bond motifs is 2. The standard InChI is InChI=1S/C28H34FNO5/c1-5-28(6-2,27(31)32)17-30-11-9-18(10-12-30)26-21-15-23(29)25(34-4)13-19(21)16-35-24-8-7-20(33-3)14-22(24)26/h7-8,13-15H,5-6,9-12,16-17H2,1-4H3,(H,31,32). The van der Waals surface area contributed by atoms with Crippen molar-refractivity contribution in [3.63, 3.8) is 0 Å². The van der Waals surface area contributed by atoms with Crippen LogP contribution in [0.4, 0.5) is 4.39 Å². The molecule has 2 aromatic rings. The van der Waals surface area contributed by atoms with Gasteiger partial charge in [-0.1, -0.05) is 19.4 Å². The summed E-state index contributed by atoms with van der Waals surface area (Å²) in [6, 6.07) is 8.97. The number of ether oxygens (including phenoxy) is 3. The third-order valence-corrected chi connectivity index (χ3v) is 7.63. The molecular formula is C28H34FNO5. The fourth-order valence-corrected chi connectivity index (χ4v) is 5.25. The highest BCUT2D eigenvalue weighted by Gasteiger charge is 2.37. The van der Waals surface area contributed by atoms with Crippen molar-refractivity contribution in [2.45, 2.75) is 46.1 Å². The highest BCUT2D eigenvalue weighted by atomic mass is 19.1. The van der Waals surface area contributed by atoms with E-state index in [0.29, 0.717) is 31.7 Å². The van der Waals surface area contributed by atoms with Crippen LogP contribution in [-0.4, -0.2) is 49.8 Å². The maximum absolute atomic E-state index is 14.9. The summed E-state index contributed by atoms with van der Waals surface area (Å²) in [6.45, 7) is 6.25. The molecule has 0 atom stereocenters. The number of carboxylic acids is 1. The lowest BCUT2D eigenvalue weighted by molar-refractivity contribution is -0.150. The number of nitrogens with zero attached hydrogens (tertiary/aromatic N) is 1. The Hall–Kier alpha value is -3.06. The number of likely N-dealkylation sites (tertiary alicyclic amines) is 1. The van der Waals surface area contributed by atoms with Crippen LogP contribution in [0.5, 0.6) is 17.2 Å². The first-order valence-corrected chi connectivity index (χ1v) is 12.2. The van der Waals surface area contributed by atoms with Crippen molar-refractivity contribution in [3.05, 3.63) is 58.4 Å². The maximum atomic E-state index is 14.9. The summed E-state index contributed by atoms with van der Waals surface area (Å²) >= 11 is 0. The first-order valence-electron chi connectivity index (χ1n) is 12.2. The lowest BCUT2D eigenvalue weighted by atomic mass is 9.81. The Morgan fingerprint density at radius 3 is 2.40 bits per heavy atom. The lowest BCUT2D eigenvalue weighted by Gasteiger charge is -2.37. The van der Waals surface area contributed by atoms with Gasteiger partial charge in [0, 0.05) is 30.8 Å². The Morgan fingerprint density at radius 1 is 1.09 bits per heavy atom. The Labute approximate surface area is 206 Å². The molecule has 0 unspecified atom stereocenters. The van der Waals surface area contributed by atoms with Gasteiger partial charge in [-0.05, 0) is 67.2 Å². The number of benzene rings is 2. The molecule has 2 aliphatic rings. The van der Waals surface area contributed by atoms with Gasteiger partial charge in [-0.15, -0.1) is 0 Å². The fourth-order valence-electron chi connectivity index (χ4n) is 5.25. The third kappa shape index (κ3) is 4.74. The van der Waals surface area contributed by atoms with Gasteiger partial charge in [0.25, 0.3) is 0 Å². The fraction of sp³-hybridized carbons (Fsp3) is 0.464. The highest BCUT2D eigenvalue weighted by Crippen LogP contribution is 2.44. The lowest BCUT2D eigenvalue weighted by Crippen LogP contribution is -2.44. The molecule has 1 fully saturated rings. The number of carboxylic acid groups (broad SMARTS) is 1. The zero-order valence-corrected chi connectivity index (χ0v) is 20.9. The average molecular weight is 484 g/mol. The van der Waals surface area contributed by atoms with Gasteiger partial charge in [-0.2, -0.15) is 0 Å². The van der Waals surface area contributed by atoms with Crippen molar-refractivity contribution >= 4 is 11.5 Å². The van der Waals surface area contributed by atoms with E-state index in [2.05, 4.69) is 4.90 Å². The minimum atomic E-state index is -0.730. The predicted octanol–water partition coefficient (Wildman–Crippen LogP) is 5.52. The zero-order chi connectivity index (χ0) is 25.2.